The Morgan fingerprint density at radius 2 is 2.17 bits per heavy atom. The molecule has 1 saturated heterocycles. The second-order valence-electron chi connectivity index (χ2n) is 5.98. The van der Waals surface area contributed by atoms with Gasteiger partial charge in [-0.15, -0.1) is 0 Å². The number of nitrogens with one attached hydrogen (secondary N) is 2. The van der Waals surface area contributed by atoms with Crippen LogP contribution in [0.1, 0.15) is 19.3 Å². The van der Waals surface area contributed by atoms with Crippen LogP contribution >= 0.6 is 0 Å². The largest absolute Gasteiger partial charge is 0.368 e. The van der Waals surface area contributed by atoms with E-state index in [9.17, 15) is 4.79 Å². The number of imidazole rings is 1. The molecule has 2 N–H and O–H groups in total. The van der Waals surface area contributed by atoms with Gasteiger partial charge in [0.2, 0.25) is 0 Å². The zero-order chi connectivity index (χ0) is 16.1. The Kier molecular flexibility index (Phi) is 4.93. The number of rotatable bonds is 6. The van der Waals surface area contributed by atoms with Gasteiger partial charge in [-0.3, -0.25) is 4.79 Å². The molecule has 1 amide bonds. The lowest BCUT2D eigenvalue weighted by atomic mass is 9.91. The van der Waals surface area contributed by atoms with Crippen molar-refractivity contribution in [1.82, 2.24) is 20.2 Å². The number of amides is 1. The molecule has 0 aliphatic carbocycles. The van der Waals surface area contributed by atoms with E-state index in [1.807, 2.05) is 24.5 Å². The lowest BCUT2D eigenvalue weighted by Crippen LogP contribution is -2.54. The Hall–Kier alpha value is -1.92. The molecule has 1 aromatic heterocycles. The molecule has 1 aliphatic rings. The van der Waals surface area contributed by atoms with E-state index in [1.165, 1.54) is 0 Å². The van der Waals surface area contributed by atoms with Gasteiger partial charge in [0.15, 0.2) is 0 Å². The van der Waals surface area contributed by atoms with E-state index in [2.05, 4.69) is 26.3 Å². The minimum atomic E-state index is -0.660. The lowest BCUT2D eigenvalue weighted by molar-refractivity contribution is -0.146. The Bertz CT molecular complexity index is 661. The quantitative estimate of drug-likeness (QED) is 0.789. The number of ether oxygens (including phenoxy) is 1. The first-order valence-electron chi connectivity index (χ1n) is 8.19. The van der Waals surface area contributed by atoms with E-state index in [0.29, 0.717) is 6.54 Å². The minimum Gasteiger partial charge on any atom is -0.368 e. The Balaban J connectivity index is 1.50. The predicted molar refractivity (Wildman–Crippen MR) is 89.2 cm³/mol. The smallest absolute Gasteiger partial charge is 0.252 e. The van der Waals surface area contributed by atoms with Crippen LogP contribution < -0.4 is 10.6 Å². The molecule has 0 unspecified atom stereocenters. The molecule has 0 radical (unpaired) electrons. The SMILES string of the molecule is COC1(C(=O)NCCCn2cnc3ccccc32)CCNCC1. The maximum Gasteiger partial charge on any atom is 0.252 e. The first kappa shape index (κ1) is 16.0. The van der Waals surface area contributed by atoms with Crippen LogP contribution in [0.4, 0.5) is 0 Å². The summed E-state index contributed by atoms with van der Waals surface area (Å²) in [6, 6.07) is 8.08. The molecule has 2 heterocycles. The fourth-order valence-electron chi connectivity index (χ4n) is 3.16. The van der Waals surface area contributed by atoms with Crippen LogP contribution in [0.5, 0.6) is 0 Å². The van der Waals surface area contributed by atoms with Gasteiger partial charge in [0, 0.05) is 20.2 Å². The van der Waals surface area contributed by atoms with Crippen molar-refractivity contribution in [1.29, 1.82) is 0 Å². The normalized spacial score (nSPS) is 17.3. The summed E-state index contributed by atoms with van der Waals surface area (Å²) in [5, 5.41) is 6.29. The van der Waals surface area contributed by atoms with Crippen molar-refractivity contribution >= 4 is 16.9 Å². The molecule has 6 nitrogen and oxygen atoms in total. The fourth-order valence-corrected chi connectivity index (χ4v) is 3.16. The number of carbonyl (C=O) groups is 1. The zero-order valence-corrected chi connectivity index (χ0v) is 13.5. The summed E-state index contributed by atoms with van der Waals surface area (Å²) in [6.45, 7) is 3.12. The third-order valence-electron chi connectivity index (χ3n) is 4.60. The molecule has 0 atom stereocenters. The van der Waals surface area contributed by atoms with Gasteiger partial charge >= 0.3 is 0 Å². The molecule has 124 valence electrons. The Morgan fingerprint density at radius 1 is 1.39 bits per heavy atom. The van der Waals surface area contributed by atoms with Gasteiger partial charge in [-0.2, -0.15) is 0 Å². The van der Waals surface area contributed by atoms with Crippen molar-refractivity contribution in [3.05, 3.63) is 30.6 Å². The highest BCUT2D eigenvalue weighted by Crippen LogP contribution is 2.22. The number of methoxy groups -OCH3 is 1. The number of fused-ring (bicyclic) bond motifs is 1. The second-order valence-corrected chi connectivity index (χ2v) is 5.98. The van der Waals surface area contributed by atoms with Crippen LogP contribution in [0, 0.1) is 0 Å². The molecular formula is C17H24N4O2. The van der Waals surface area contributed by atoms with Crippen molar-refractivity contribution in [2.45, 2.75) is 31.4 Å². The molecule has 1 aromatic carbocycles. The standard InChI is InChI=1S/C17H24N4O2/c1-23-17(7-10-18-11-8-17)16(22)19-9-4-12-21-13-20-14-5-2-3-6-15(14)21/h2-3,5-6,13,18H,4,7-12H2,1H3,(H,19,22). The van der Waals surface area contributed by atoms with Gasteiger partial charge in [0.25, 0.3) is 5.91 Å². The lowest BCUT2D eigenvalue weighted by Gasteiger charge is -2.34. The van der Waals surface area contributed by atoms with Crippen LogP contribution in [0.2, 0.25) is 0 Å². The number of aryl methyl sites for hydroxylation is 1. The maximum atomic E-state index is 12.4. The number of aromatic nitrogens is 2. The van der Waals surface area contributed by atoms with Crippen LogP contribution in [0.15, 0.2) is 30.6 Å². The molecule has 0 spiro atoms. The highest BCUT2D eigenvalue weighted by atomic mass is 16.5. The highest BCUT2D eigenvalue weighted by molar-refractivity contribution is 5.85. The molecule has 0 bridgehead atoms. The van der Waals surface area contributed by atoms with Crippen molar-refractivity contribution in [2.24, 2.45) is 0 Å². The second kappa shape index (κ2) is 7.10. The summed E-state index contributed by atoms with van der Waals surface area (Å²) < 4.78 is 7.66. The van der Waals surface area contributed by atoms with E-state index in [-0.39, 0.29) is 5.91 Å². The number of benzene rings is 1. The number of piperidine rings is 1. The van der Waals surface area contributed by atoms with Crippen molar-refractivity contribution < 1.29 is 9.53 Å². The Morgan fingerprint density at radius 3 is 2.96 bits per heavy atom. The molecule has 23 heavy (non-hydrogen) atoms. The third-order valence-corrected chi connectivity index (χ3v) is 4.60. The minimum absolute atomic E-state index is 0.0111. The topological polar surface area (TPSA) is 68.2 Å². The summed E-state index contributed by atoms with van der Waals surface area (Å²) in [7, 11) is 1.63. The van der Waals surface area contributed by atoms with E-state index in [0.717, 1.165) is 49.9 Å². The maximum absolute atomic E-state index is 12.4. The van der Waals surface area contributed by atoms with Crippen LogP contribution in [0.25, 0.3) is 11.0 Å². The van der Waals surface area contributed by atoms with E-state index >= 15 is 0 Å². The molecule has 2 aromatic rings. The van der Waals surface area contributed by atoms with Crippen molar-refractivity contribution in [3.8, 4) is 0 Å². The van der Waals surface area contributed by atoms with Gasteiger partial charge < -0.3 is 19.9 Å². The number of para-hydroxylation sites is 2. The third kappa shape index (κ3) is 3.38. The first-order chi connectivity index (χ1) is 11.2. The number of hydrogen-bond donors (Lipinski definition) is 2. The van der Waals surface area contributed by atoms with Gasteiger partial charge in [-0.25, -0.2) is 4.98 Å². The number of hydrogen-bond acceptors (Lipinski definition) is 4. The molecule has 1 aliphatic heterocycles. The van der Waals surface area contributed by atoms with Crippen LogP contribution in [-0.4, -0.2) is 47.8 Å². The van der Waals surface area contributed by atoms with Gasteiger partial charge in [-0.05, 0) is 44.5 Å². The van der Waals surface area contributed by atoms with Gasteiger partial charge in [0.1, 0.15) is 5.60 Å². The molecule has 6 heteroatoms. The van der Waals surface area contributed by atoms with Crippen molar-refractivity contribution in [3.63, 3.8) is 0 Å². The van der Waals surface area contributed by atoms with Crippen molar-refractivity contribution in [2.75, 3.05) is 26.7 Å². The summed E-state index contributed by atoms with van der Waals surface area (Å²) in [6.07, 6.45) is 4.17. The summed E-state index contributed by atoms with van der Waals surface area (Å²) in [5.74, 6) is 0.0111. The monoisotopic (exact) mass is 316 g/mol. The summed E-state index contributed by atoms with van der Waals surface area (Å²) in [4.78, 5) is 16.8. The summed E-state index contributed by atoms with van der Waals surface area (Å²) in [5.41, 5.74) is 1.47. The molecule has 3 rings (SSSR count). The van der Waals surface area contributed by atoms with E-state index in [4.69, 9.17) is 4.74 Å². The Labute approximate surface area is 136 Å². The van der Waals surface area contributed by atoms with E-state index in [1.54, 1.807) is 7.11 Å². The van der Waals surface area contributed by atoms with E-state index < -0.39 is 5.60 Å². The molecular weight excluding hydrogens is 292 g/mol. The average molecular weight is 316 g/mol. The van der Waals surface area contributed by atoms with Crippen LogP contribution in [-0.2, 0) is 16.1 Å². The number of carbonyl (C=O) groups excluding carboxylic acids is 1. The highest BCUT2D eigenvalue weighted by Gasteiger charge is 2.39. The molecule has 1 fully saturated rings. The van der Waals surface area contributed by atoms with Gasteiger partial charge in [-0.1, -0.05) is 12.1 Å². The average Bonchev–Trinajstić information content (AvgIpc) is 3.02. The summed E-state index contributed by atoms with van der Waals surface area (Å²) >= 11 is 0. The molecule has 0 saturated carbocycles. The number of nitrogens with zero attached hydrogens (tertiary/aromatic N) is 2. The van der Waals surface area contributed by atoms with Gasteiger partial charge in [0.05, 0.1) is 17.4 Å². The zero-order valence-electron chi connectivity index (χ0n) is 13.5. The fraction of sp³-hybridized carbons (Fsp3) is 0.529. The van der Waals surface area contributed by atoms with Crippen LogP contribution in [0.3, 0.4) is 0 Å². The predicted octanol–water partition coefficient (Wildman–Crippen LogP) is 1.31. The first-order valence-corrected chi connectivity index (χ1v) is 8.19.